The van der Waals surface area contributed by atoms with Crippen molar-refractivity contribution in [2.75, 3.05) is 12.3 Å². The van der Waals surface area contributed by atoms with Crippen molar-refractivity contribution in [3.8, 4) is 17.5 Å². The molecule has 0 atom stereocenters. The molecule has 1 aliphatic rings. The minimum absolute atomic E-state index is 0.0134. The van der Waals surface area contributed by atoms with Crippen LogP contribution in [0.3, 0.4) is 0 Å². The van der Waals surface area contributed by atoms with Gasteiger partial charge in [-0.15, -0.1) is 0 Å². The van der Waals surface area contributed by atoms with Crippen LogP contribution >= 0.6 is 0 Å². The van der Waals surface area contributed by atoms with Gasteiger partial charge in [0.25, 0.3) is 0 Å². The third kappa shape index (κ3) is 3.64. The zero-order valence-electron chi connectivity index (χ0n) is 11.7. The van der Waals surface area contributed by atoms with Crippen LogP contribution in [0.1, 0.15) is 18.4 Å². The van der Waals surface area contributed by atoms with Crippen LogP contribution in [0, 0.1) is 5.92 Å². The van der Waals surface area contributed by atoms with Crippen LogP contribution in [0.25, 0.3) is 0 Å². The molecule has 1 aromatic carbocycles. The summed E-state index contributed by atoms with van der Waals surface area (Å²) >= 11 is 0. The van der Waals surface area contributed by atoms with Crippen LogP contribution in [0.4, 0.5) is 5.69 Å². The van der Waals surface area contributed by atoms with Gasteiger partial charge in [0.15, 0.2) is 0 Å². The molecule has 0 aliphatic heterocycles. The topological polar surface area (TPSA) is 77.6 Å². The first kappa shape index (κ1) is 13.7. The van der Waals surface area contributed by atoms with E-state index in [4.69, 9.17) is 20.3 Å². The largest absolute Gasteiger partial charge is 0.476 e. The van der Waals surface area contributed by atoms with E-state index in [1.165, 1.54) is 12.8 Å². The van der Waals surface area contributed by atoms with Gasteiger partial charge in [0.1, 0.15) is 5.75 Å². The lowest BCUT2D eigenvalue weighted by molar-refractivity contribution is 0.281. The van der Waals surface area contributed by atoms with E-state index in [0.29, 0.717) is 35.7 Å². The lowest BCUT2D eigenvalue weighted by atomic mass is 10.2. The molecule has 1 aromatic heterocycles. The van der Waals surface area contributed by atoms with Gasteiger partial charge < -0.3 is 20.3 Å². The summed E-state index contributed by atoms with van der Waals surface area (Å²) in [5.41, 5.74) is 7.20. The van der Waals surface area contributed by atoms with Gasteiger partial charge in [0.05, 0.1) is 18.9 Å². The van der Waals surface area contributed by atoms with E-state index < -0.39 is 0 Å². The minimum Gasteiger partial charge on any atom is -0.476 e. The highest BCUT2D eigenvalue weighted by molar-refractivity contribution is 5.49. The van der Waals surface area contributed by atoms with E-state index in [1.807, 2.05) is 0 Å². The van der Waals surface area contributed by atoms with Crippen LogP contribution in [-0.2, 0) is 6.61 Å². The molecule has 5 nitrogen and oxygen atoms in total. The summed E-state index contributed by atoms with van der Waals surface area (Å²) in [6.45, 7) is 0.672. The first-order valence-electron chi connectivity index (χ1n) is 7.01. The molecule has 21 heavy (non-hydrogen) atoms. The second-order valence-corrected chi connectivity index (χ2v) is 5.20. The zero-order valence-corrected chi connectivity index (χ0v) is 11.7. The molecule has 0 saturated heterocycles. The van der Waals surface area contributed by atoms with Gasteiger partial charge in [-0.05, 0) is 42.5 Å². The van der Waals surface area contributed by atoms with E-state index in [2.05, 4.69) is 4.98 Å². The quantitative estimate of drug-likeness (QED) is 0.853. The summed E-state index contributed by atoms with van der Waals surface area (Å²) in [6, 6.07) is 10.6. The van der Waals surface area contributed by atoms with Crippen molar-refractivity contribution >= 4 is 5.69 Å². The number of pyridine rings is 1. The minimum atomic E-state index is 0.0134. The Bertz CT molecular complexity index is 609. The van der Waals surface area contributed by atoms with Gasteiger partial charge in [0.2, 0.25) is 11.8 Å². The Labute approximate surface area is 123 Å². The molecule has 0 amide bonds. The molecule has 0 radical (unpaired) electrons. The summed E-state index contributed by atoms with van der Waals surface area (Å²) < 4.78 is 11.3. The van der Waals surface area contributed by atoms with Gasteiger partial charge in [-0.1, -0.05) is 12.1 Å². The Kier molecular flexibility index (Phi) is 3.92. The van der Waals surface area contributed by atoms with Gasteiger partial charge in [-0.3, -0.25) is 0 Å². The number of benzene rings is 1. The number of aliphatic hydroxyl groups excluding tert-OH is 1. The Morgan fingerprint density at radius 1 is 1.14 bits per heavy atom. The fourth-order valence-corrected chi connectivity index (χ4v) is 1.87. The fourth-order valence-electron chi connectivity index (χ4n) is 1.87. The van der Waals surface area contributed by atoms with Crippen LogP contribution in [0.2, 0.25) is 0 Å². The molecule has 0 bridgehead atoms. The van der Waals surface area contributed by atoms with Gasteiger partial charge in [-0.25, -0.2) is 0 Å². The number of aromatic nitrogens is 1. The molecule has 1 aliphatic carbocycles. The molecule has 1 saturated carbocycles. The molecular formula is C16H18N2O3. The number of rotatable bonds is 6. The number of nitrogens with zero attached hydrogens (tertiary/aromatic N) is 1. The molecule has 110 valence electrons. The lowest BCUT2D eigenvalue weighted by Crippen LogP contribution is -2.04. The van der Waals surface area contributed by atoms with Crippen LogP contribution < -0.4 is 15.2 Å². The summed E-state index contributed by atoms with van der Waals surface area (Å²) in [7, 11) is 0. The van der Waals surface area contributed by atoms with E-state index in [1.54, 1.807) is 36.4 Å². The SMILES string of the molecule is Nc1ccc(Oc2ccc(CO)cc2)nc1OCC1CC1. The number of ether oxygens (including phenoxy) is 2. The lowest BCUT2D eigenvalue weighted by Gasteiger charge is -2.10. The summed E-state index contributed by atoms with van der Waals surface area (Å²) in [4.78, 5) is 4.29. The first-order valence-corrected chi connectivity index (χ1v) is 7.01. The third-order valence-electron chi connectivity index (χ3n) is 3.35. The maximum absolute atomic E-state index is 9.01. The van der Waals surface area contributed by atoms with Crippen molar-refractivity contribution in [3.63, 3.8) is 0 Å². The molecule has 2 aromatic rings. The van der Waals surface area contributed by atoms with Crippen molar-refractivity contribution in [1.29, 1.82) is 0 Å². The smallest absolute Gasteiger partial charge is 0.240 e. The number of hydrogen-bond acceptors (Lipinski definition) is 5. The van der Waals surface area contributed by atoms with Crippen molar-refractivity contribution in [3.05, 3.63) is 42.0 Å². The molecule has 5 heteroatoms. The van der Waals surface area contributed by atoms with Gasteiger partial charge in [-0.2, -0.15) is 4.98 Å². The first-order chi connectivity index (χ1) is 10.2. The summed E-state index contributed by atoms with van der Waals surface area (Å²) in [6.07, 6.45) is 2.43. The number of hydrogen-bond donors (Lipinski definition) is 2. The Morgan fingerprint density at radius 2 is 1.90 bits per heavy atom. The monoisotopic (exact) mass is 286 g/mol. The third-order valence-corrected chi connectivity index (χ3v) is 3.35. The van der Waals surface area contributed by atoms with Crippen LogP contribution in [0.5, 0.6) is 17.5 Å². The average molecular weight is 286 g/mol. The predicted octanol–water partition coefficient (Wildman–Crippen LogP) is 2.74. The highest BCUT2D eigenvalue weighted by Gasteiger charge is 2.22. The number of nitrogens with two attached hydrogens (primary N) is 1. The van der Waals surface area contributed by atoms with E-state index in [9.17, 15) is 0 Å². The maximum atomic E-state index is 9.01. The van der Waals surface area contributed by atoms with Crippen molar-refractivity contribution in [2.24, 2.45) is 5.92 Å². The normalized spacial score (nSPS) is 14.0. The van der Waals surface area contributed by atoms with Crippen molar-refractivity contribution in [1.82, 2.24) is 4.98 Å². The summed E-state index contributed by atoms with van der Waals surface area (Å²) in [5, 5.41) is 9.01. The van der Waals surface area contributed by atoms with E-state index in [0.717, 1.165) is 5.56 Å². The number of aliphatic hydroxyl groups is 1. The van der Waals surface area contributed by atoms with E-state index >= 15 is 0 Å². The molecule has 3 N–H and O–H groups in total. The van der Waals surface area contributed by atoms with E-state index in [-0.39, 0.29) is 6.61 Å². The molecular weight excluding hydrogens is 268 g/mol. The fraction of sp³-hybridized carbons (Fsp3) is 0.312. The predicted molar refractivity (Wildman–Crippen MR) is 79.3 cm³/mol. The van der Waals surface area contributed by atoms with Gasteiger partial charge in [0, 0.05) is 6.07 Å². The molecule has 0 spiro atoms. The maximum Gasteiger partial charge on any atom is 0.240 e. The highest BCUT2D eigenvalue weighted by Crippen LogP contribution is 2.31. The second-order valence-electron chi connectivity index (χ2n) is 5.20. The van der Waals surface area contributed by atoms with Crippen LogP contribution in [-0.4, -0.2) is 16.7 Å². The second kappa shape index (κ2) is 6.01. The summed E-state index contributed by atoms with van der Waals surface area (Å²) in [5.74, 6) is 2.15. The molecule has 1 heterocycles. The Hall–Kier alpha value is -2.27. The van der Waals surface area contributed by atoms with Gasteiger partial charge >= 0.3 is 0 Å². The number of anilines is 1. The molecule has 0 unspecified atom stereocenters. The highest BCUT2D eigenvalue weighted by atomic mass is 16.5. The molecule has 1 fully saturated rings. The standard InChI is InChI=1S/C16H18N2O3/c17-14-7-8-15(18-16(14)20-10-12-1-2-12)21-13-5-3-11(9-19)4-6-13/h3-8,12,19H,1-2,9-10,17H2. The van der Waals surface area contributed by atoms with Crippen LogP contribution in [0.15, 0.2) is 36.4 Å². The number of nitrogen functional groups attached to an aromatic ring is 1. The Balaban J connectivity index is 1.69. The van der Waals surface area contributed by atoms with Crippen molar-refractivity contribution in [2.45, 2.75) is 19.4 Å². The van der Waals surface area contributed by atoms with Crippen molar-refractivity contribution < 1.29 is 14.6 Å². The molecule has 3 rings (SSSR count). The zero-order chi connectivity index (χ0) is 14.7. The average Bonchev–Trinajstić information content (AvgIpc) is 3.33. The Morgan fingerprint density at radius 3 is 2.57 bits per heavy atom.